The van der Waals surface area contributed by atoms with Gasteiger partial charge in [-0.3, -0.25) is 9.69 Å². The fraction of sp³-hybridized carbons (Fsp3) is 0.417. The number of aromatic nitrogens is 1. The van der Waals surface area contributed by atoms with E-state index in [0.29, 0.717) is 40.2 Å². The van der Waals surface area contributed by atoms with Crippen LogP contribution >= 0.6 is 11.3 Å². The minimum Gasteiger partial charge on any atom is -0.494 e. The highest BCUT2D eigenvalue weighted by Crippen LogP contribution is 2.40. The molecule has 0 fully saturated rings. The predicted octanol–water partition coefficient (Wildman–Crippen LogP) is 4.24. The number of benzene rings is 2. The van der Waals surface area contributed by atoms with Gasteiger partial charge >= 0.3 is 0 Å². The molecular formula is C24H31N3O5S. The van der Waals surface area contributed by atoms with E-state index in [1.54, 1.807) is 24.1 Å². The van der Waals surface area contributed by atoms with Gasteiger partial charge in [-0.15, -0.1) is 0 Å². The molecule has 0 saturated heterocycles. The molecule has 3 rings (SSSR count). The lowest BCUT2D eigenvalue weighted by molar-refractivity contribution is 0.0985. The van der Waals surface area contributed by atoms with Crippen molar-refractivity contribution in [2.45, 2.75) is 13.3 Å². The average molecular weight is 474 g/mol. The van der Waals surface area contributed by atoms with Crippen LogP contribution in [0, 0.1) is 6.92 Å². The fourth-order valence-electron chi connectivity index (χ4n) is 3.57. The number of fused-ring (bicyclic) bond motifs is 1. The Morgan fingerprint density at radius 3 is 2.12 bits per heavy atom. The number of nitrogens with zero attached hydrogens (tertiary/aromatic N) is 3. The lowest BCUT2D eigenvalue weighted by atomic mass is 10.1. The van der Waals surface area contributed by atoms with Crippen LogP contribution in [-0.4, -0.2) is 71.4 Å². The molecule has 3 aromatic rings. The molecule has 0 atom stereocenters. The zero-order chi connectivity index (χ0) is 24.1. The first-order chi connectivity index (χ1) is 15.8. The molecule has 0 aliphatic carbocycles. The van der Waals surface area contributed by atoms with Gasteiger partial charge in [-0.05, 0) is 57.7 Å². The summed E-state index contributed by atoms with van der Waals surface area (Å²) in [5.74, 6) is 1.79. The first-order valence-corrected chi connectivity index (χ1v) is 11.4. The molecule has 33 heavy (non-hydrogen) atoms. The molecule has 178 valence electrons. The summed E-state index contributed by atoms with van der Waals surface area (Å²) in [6, 6.07) is 7.24. The van der Waals surface area contributed by atoms with E-state index < -0.39 is 0 Å². The minimum absolute atomic E-state index is 0.191. The standard InChI is InChI=1S/C24H31N3O5S/c1-15-9-10-17(29-4)20-22(15)33-24(25-20)27(12-8-11-26(2)3)23(28)16-13-18(30-5)21(32-7)19(14-16)31-6/h9-10,13-14H,8,11-12H2,1-7H3. The first-order valence-electron chi connectivity index (χ1n) is 10.5. The number of hydrogen-bond acceptors (Lipinski definition) is 8. The Hall–Kier alpha value is -3.04. The maximum Gasteiger partial charge on any atom is 0.260 e. The van der Waals surface area contributed by atoms with E-state index in [1.165, 1.54) is 32.7 Å². The van der Waals surface area contributed by atoms with Crippen LogP contribution < -0.4 is 23.8 Å². The smallest absolute Gasteiger partial charge is 0.260 e. The van der Waals surface area contributed by atoms with Crippen LogP contribution in [0.2, 0.25) is 0 Å². The zero-order valence-electron chi connectivity index (χ0n) is 20.2. The highest BCUT2D eigenvalue weighted by atomic mass is 32.1. The summed E-state index contributed by atoms with van der Waals surface area (Å²) >= 11 is 1.48. The number of ether oxygens (including phenoxy) is 4. The Morgan fingerprint density at radius 1 is 0.939 bits per heavy atom. The van der Waals surface area contributed by atoms with E-state index in [0.717, 1.165) is 28.7 Å². The molecule has 0 aliphatic rings. The second-order valence-corrected chi connectivity index (χ2v) is 8.76. The summed E-state index contributed by atoms with van der Waals surface area (Å²) < 4.78 is 22.8. The molecule has 8 nitrogen and oxygen atoms in total. The van der Waals surface area contributed by atoms with Gasteiger partial charge in [0.2, 0.25) is 5.75 Å². The summed E-state index contributed by atoms with van der Waals surface area (Å²) in [4.78, 5) is 22.4. The van der Waals surface area contributed by atoms with Gasteiger partial charge < -0.3 is 23.8 Å². The average Bonchev–Trinajstić information content (AvgIpc) is 3.26. The number of rotatable bonds is 10. The number of aryl methyl sites for hydroxylation is 1. The quantitative estimate of drug-likeness (QED) is 0.436. The van der Waals surface area contributed by atoms with Gasteiger partial charge in [-0.1, -0.05) is 17.4 Å². The van der Waals surface area contributed by atoms with Gasteiger partial charge in [0.1, 0.15) is 11.3 Å². The molecule has 0 bridgehead atoms. The summed E-state index contributed by atoms with van der Waals surface area (Å²) in [7, 11) is 10.2. The lowest BCUT2D eigenvalue weighted by Gasteiger charge is -2.22. The van der Waals surface area contributed by atoms with Crippen LogP contribution in [0.1, 0.15) is 22.3 Å². The van der Waals surface area contributed by atoms with Crippen molar-refractivity contribution in [3.8, 4) is 23.0 Å². The van der Waals surface area contributed by atoms with Crippen molar-refractivity contribution < 1.29 is 23.7 Å². The molecule has 9 heteroatoms. The Labute approximate surface area is 198 Å². The number of methoxy groups -OCH3 is 4. The minimum atomic E-state index is -0.191. The van der Waals surface area contributed by atoms with Crippen molar-refractivity contribution in [2.24, 2.45) is 0 Å². The molecule has 0 spiro atoms. The van der Waals surface area contributed by atoms with Crippen molar-refractivity contribution in [2.75, 3.05) is 60.5 Å². The van der Waals surface area contributed by atoms with Gasteiger partial charge in [-0.2, -0.15) is 0 Å². The molecule has 1 amide bonds. The van der Waals surface area contributed by atoms with Crippen molar-refractivity contribution in [1.29, 1.82) is 0 Å². The second-order valence-electron chi connectivity index (χ2n) is 7.79. The number of anilines is 1. The van der Waals surface area contributed by atoms with E-state index in [-0.39, 0.29) is 5.91 Å². The van der Waals surface area contributed by atoms with Crippen LogP contribution in [0.4, 0.5) is 5.13 Å². The normalized spacial score (nSPS) is 11.0. The number of carbonyl (C=O) groups excluding carboxylic acids is 1. The second kappa shape index (κ2) is 10.7. The summed E-state index contributed by atoms with van der Waals surface area (Å²) in [6.07, 6.45) is 0.787. The van der Waals surface area contributed by atoms with Gasteiger partial charge in [0.25, 0.3) is 5.91 Å². The van der Waals surface area contributed by atoms with Crippen molar-refractivity contribution >= 4 is 32.6 Å². The van der Waals surface area contributed by atoms with Crippen molar-refractivity contribution in [3.05, 3.63) is 35.4 Å². The number of thiazole rings is 1. The van der Waals surface area contributed by atoms with E-state index in [9.17, 15) is 4.79 Å². The third-order valence-electron chi connectivity index (χ3n) is 5.29. The topological polar surface area (TPSA) is 73.4 Å². The highest BCUT2D eigenvalue weighted by molar-refractivity contribution is 7.22. The number of carbonyl (C=O) groups is 1. The van der Waals surface area contributed by atoms with Gasteiger partial charge in [0.05, 0.1) is 33.1 Å². The molecule has 0 saturated carbocycles. The summed E-state index contributed by atoms with van der Waals surface area (Å²) in [6.45, 7) is 3.38. The lowest BCUT2D eigenvalue weighted by Crippen LogP contribution is -2.33. The molecule has 0 N–H and O–H groups in total. The Kier molecular flexibility index (Phi) is 7.99. The fourth-order valence-corrected chi connectivity index (χ4v) is 4.64. The van der Waals surface area contributed by atoms with Crippen LogP contribution in [0.15, 0.2) is 24.3 Å². The predicted molar refractivity (Wildman–Crippen MR) is 132 cm³/mol. The first kappa shape index (κ1) is 24.6. The van der Waals surface area contributed by atoms with Crippen LogP contribution in [0.3, 0.4) is 0 Å². The number of amides is 1. The molecule has 1 heterocycles. The molecular weight excluding hydrogens is 442 g/mol. The van der Waals surface area contributed by atoms with Crippen LogP contribution in [0.25, 0.3) is 10.2 Å². The van der Waals surface area contributed by atoms with E-state index in [2.05, 4.69) is 4.90 Å². The third-order valence-corrected chi connectivity index (χ3v) is 6.50. The largest absolute Gasteiger partial charge is 0.494 e. The third kappa shape index (κ3) is 5.15. The Morgan fingerprint density at radius 2 is 1.58 bits per heavy atom. The molecule has 2 aromatic carbocycles. The maximum absolute atomic E-state index is 13.8. The van der Waals surface area contributed by atoms with Crippen molar-refractivity contribution in [1.82, 2.24) is 9.88 Å². The summed E-state index contributed by atoms with van der Waals surface area (Å²) in [5.41, 5.74) is 2.27. The Balaban J connectivity index is 2.09. The SMILES string of the molecule is COc1cc(C(=O)N(CCCN(C)C)c2nc3c(OC)ccc(C)c3s2)cc(OC)c1OC. The maximum atomic E-state index is 13.8. The van der Waals surface area contributed by atoms with E-state index in [1.807, 2.05) is 33.2 Å². The zero-order valence-corrected chi connectivity index (χ0v) is 21.0. The van der Waals surface area contributed by atoms with Gasteiger partial charge in [0, 0.05) is 12.1 Å². The van der Waals surface area contributed by atoms with Crippen molar-refractivity contribution in [3.63, 3.8) is 0 Å². The highest BCUT2D eigenvalue weighted by Gasteiger charge is 2.25. The molecule has 0 aliphatic heterocycles. The molecule has 0 unspecified atom stereocenters. The van der Waals surface area contributed by atoms with E-state index >= 15 is 0 Å². The monoisotopic (exact) mass is 473 g/mol. The Bertz CT molecular complexity index is 1100. The van der Waals surface area contributed by atoms with Crippen LogP contribution in [0.5, 0.6) is 23.0 Å². The number of hydrogen-bond donors (Lipinski definition) is 0. The molecule has 1 aromatic heterocycles. The van der Waals surface area contributed by atoms with Crippen LogP contribution in [-0.2, 0) is 0 Å². The van der Waals surface area contributed by atoms with Gasteiger partial charge in [0.15, 0.2) is 16.6 Å². The van der Waals surface area contributed by atoms with E-state index in [4.69, 9.17) is 23.9 Å². The van der Waals surface area contributed by atoms with Gasteiger partial charge in [-0.25, -0.2) is 4.98 Å². The summed E-state index contributed by atoms with van der Waals surface area (Å²) in [5, 5.41) is 0.620. The molecule has 0 radical (unpaired) electrons.